The Hall–Kier alpha value is -1.11. The van der Waals surface area contributed by atoms with Crippen molar-refractivity contribution in [1.82, 2.24) is 4.31 Å². The lowest BCUT2D eigenvalue weighted by Gasteiger charge is -2.17. The van der Waals surface area contributed by atoms with E-state index < -0.39 is 10.0 Å². The molecule has 0 unspecified atom stereocenters. The average Bonchev–Trinajstić information content (AvgIpc) is 2.34. The van der Waals surface area contributed by atoms with Gasteiger partial charge in [0.15, 0.2) is 0 Å². The van der Waals surface area contributed by atoms with E-state index in [1.54, 1.807) is 0 Å². The Kier molecular flexibility index (Phi) is 5.58. The fraction of sp³-hybridized carbons (Fsp3) is 0.500. The number of nitrogens with zero attached hydrogens (tertiary/aromatic N) is 1. The van der Waals surface area contributed by atoms with E-state index >= 15 is 0 Å². The van der Waals surface area contributed by atoms with Gasteiger partial charge in [-0.15, -0.1) is 0 Å². The molecule has 102 valence electrons. The number of aliphatic hydroxyl groups excluding tert-OH is 1. The molecule has 0 saturated carbocycles. The standard InChI is InChI=1S/C12H19NO4S/c1-13(8-3-2-4-9-14)18(16,17)12-7-5-6-11(15)10-12/h5-7,10,14-15H,2-4,8-9H2,1H3. The molecule has 0 aliphatic carbocycles. The van der Waals surface area contributed by atoms with E-state index in [2.05, 4.69) is 0 Å². The molecule has 0 spiro atoms. The van der Waals surface area contributed by atoms with Gasteiger partial charge in [0.1, 0.15) is 5.75 Å². The minimum atomic E-state index is -3.54. The number of aromatic hydroxyl groups is 1. The molecule has 1 aromatic rings. The largest absolute Gasteiger partial charge is 0.508 e. The highest BCUT2D eigenvalue weighted by Crippen LogP contribution is 2.19. The minimum absolute atomic E-state index is 0.0650. The molecule has 0 fully saturated rings. The molecule has 0 saturated heterocycles. The zero-order valence-electron chi connectivity index (χ0n) is 10.4. The molecule has 5 nitrogen and oxygen atoms in total. The summed E-state index contributed by atoms with van der Waals surface area (Å²) < 4.78 is 25.5. The summed E-state index contributed by atoms with van der Waals surface area (Å²) >= 11 is 0. The Bertz CT molecular complexity index is 473. The molecule has 1 rings (SSSR count). The molecular weight excluding hydrogens is 254 g/mol. The second-order valence-electron chi connectivity index (χ2n) is 4.11. The van der Waals surface area contributed by atoms with E-state index in [0.29, 0.717) is 19.4 Å². The first kappa shape index (κ1) is 14.9. The quantitative estimate of drug-likeness (QED) is 0.731. The second-order valence-corrected chi connectivity index (χ2v) is 6.15. The van der Waals surface area contributed by atoms with Gasteiger partial charge in [-0.1, -0.05) is 6.07 Å². The molecule has 0 aromatic heterocycles. The third-order valence-corrected chi connectivity index (χ3v) is 4.51. The average molecular weight is 273 g/mol. The third-order valence-electron chi connectivity index (χ3n) is 2.66. The van der Waals surface area contributed by atoms with E-state index in [0.717, 1.165) is 6.42 Å². The molecule has 0 amide bonds. The first-order chi connectivity index (χ1) is 8.48. The number of aliphatic hydroxyl groups is 1. The van der Waals surface area contributed by atoms with Crippen LogP contribution in [0.2, 0.25) is 0 Å². The Balaban J connectivity index is 2.68. The lowest BCUT2D eigenvalue weighted by molar-refractivity contribution is 0.281. The smallest absolute Gasteiger partial charge is 0.242 e. The number of benzene rings is 1. The van der Waals surface area contributed by atoms with Crippen molar-refractivity contribution in [2.75, 3.05) is 20.2 Å². The van der Waals surface area contributed by atoms with Crippen LogP contribution in [0.15, 0.2) is 29.2 Å². The summed E-state index contributed by atoms with van der Waals surface area (Å²) in [5.74, 6) is -0.0650. The molecule has 0 bridgehead atoms. The van der Waals surface area contributed by atoms with Crippen molar-refractivity contribution in [1.29, 1.82) is 0 Å². The third kappa shape index (κ3) is 3.97. The van der Waals surface area contributed by atoms with Crippen LogP contribution in [0, 0.1) is 0 Å². The highest BCUT2D eigenvalue weighted by atomic mass is 32.2. The number of hydrogen-bond donors (Lipinski definition) is 2. The lowest BCUT2D eigenvalue weighted by atomic mass is 10.2. The summed E-state index contributed by atoms with van der Waals surface area (Å²) in [6, 6.07) is 5.63. The summed E-state index contributed by atoms with van der Waals surface area (Å²) in [4.78, 5) is 0.0900. The highest BCUT2D eigenvalue weighted by Gasteiger charge is 2.20. The van der Waals surface area contributed by atoms with Crippen LogP contribution in [0.4, 0.5) is 0 Å². The fourth-order valence-corrected chi connectivity index (χ4v) is 2.82. The maximum atomic E-state index is 12.1. The minimum Gasteiger partial charge on any atom is -0.508 e. The number of hydrogen-bond acceptors (Lipinski definition) is 4. The Morgan fingerprint density at radius 2 is 1.94 bits per heavy atom. The Morgan fingerprint density at radius 3 is 2.56 bits per heavy atom. The van der Waals surface area contributed by atoms with Crippen LogP contribution in [-0.4, -0.2) is 43.1 Å². The molecule has 2 N–H and O–H groups in total. The SMILES string of the molecule is CN(CCCCCO)S(=O)(=O)c1cccc(O)c1. The number of rotatable bonds is 7. The lowest BCUT2D eigenvalue weighted by Crippen LogP contribution is -2.28. The molecule has 6 heteroatoms. The van der Waals surface area contributed by atoms with Gasteiger partial charge in [-0.3, -0.25) is 0 Å². The predicted octanol–water partition coefficient (Wildman–Crippen LogP) is 1.18. The van der Waals surface area contributed by atoms with Gasteiger partial charge in [0.25, 0.3) is 0 Å². The van der Waals surface area contributed by atoms with Crippen molar-refractivity contribution in [3.05, 3.63) is 24.3 Å². The summed E-state index contributed by atoms with van der Waals surface area (Å²) in [5, 5.41) is 17.9. The van der Waals surface area contributed by atoms with Crippen LogP contribution in [0.5, 0.6) is 5.75 Å². The molecular formula is C12H19NO4S. The zero-order valence-corrected chi connectivity index (χ0v) is 11.2. The van der Waals surface area contributed by atoms with E-state index in [1.807, 2.05) is 0 Å². The molecule has 0 radical (unpaired) electrons. The Labute approximate surface area is 108 Å². The first-order valence-electron chi connectivity index (χ1n) is 5.84. The van der Waals surface area contributed by atoms with Crippen molar-refractivity contribution < 1.29 is 18.6 Å². The van der Waals surface area contributed by atoms with Gasteiger partial charge in [0.2, 0.25) is 10.0 Å². The van der Waals surface area contributed by atoms with Gasteiger partial charge in [0, 0.05) is 20.2 Å². The zero-order chi connectivity index (χ0) is 13.6. The highest BCUT2D eigenvalue weighted by molar-refractivity contribution is 7.89. The first-order valence-corrected chi connectivity index (χ1v) is 7.28. The molecule has 18 heavy (non-hydrogen) atoms. The summed E-state index contributed by atoms with van der Waals surface area (Å²) in [6.07, 6.45) is 2.17. The fourth-order valence-electron chi connectivity index (χ4n) is 1.57. The van der Waals surface area contributed by atoms with Crippen LogP contribution < -0.4 is 0 Å². The molecule has 0 aliphatic rings. The van der Waals surface area contributed by atoms with Gasteiger partial charge in [-0.25, -0.2) is 12.7 Å². The number of sulfonamides is 1. The number of phenolic OH excluding ortho intramolecular Hbond substituents is 1. The van der Waals surface area contributed by atoms with Crippen molar-refractivity contribution in [3.63, 3.8) is 0 Å². The maximum absolute atomic E-state index is 12.1. The van der Waals surface area contributed by atoms with Crippen LogP contribution in [0.25, 0.3) is 0 Å². The summed E-state index contributed by atoms with van der Waals surface area (Å²) in [7, 11) is -2.03. The van der Waals surface area contributed by atoms with Crippen LogP contribution in [0.1, 0.15) is 19.3 Å². The van der Waals surface area contributed by atoms with Crippen LogP contribution in [0.3, 0.4) is 0 Å². The van der Waals surface area contributed by atoms with Crippen molar-refractivity contribution >= 4 is 10.0 Å². The van der Waals surface area contributed by atoms with E-state index in [-0.39, 0.29) is 17.3 Å². The second kappa shape index (κ2) is 6.72. The van der Waals surface area contributed by atoms with Crippen molar-refractivity contribution in [2.24, 2.45) is 0 Å². The van der Waals surface area contributed by atoms with Gasteiger partial charge < -0.3 is 10.2 Å². The van der Waals surface area contributed by atoms with Crippen molar-refractivity contribution in [2.45, 2.75) is 24.2 Å². The molecule has 1 aromatic carbocycles. The van der Waals surface area contributed by atoms with Gasteiger partial charge in [0.05, 0.1) is 4.90 Å². The normalized spacial score (nSPS) is 11.9. The van der Waals surface area contributed by atoms with E-state index in [1.165, 1.54) is 35.6 Å². The topological polar surface area (TPSA) is 77.8 Å². The van der Waals surface area contributed by atoms with Gasteiger partial charge in [-0.05, 0) is 37.5 Å². The van der Waals surface area contributed by atoms with E-state index in [4.69, 9.17) is 5.11 Å². The monoisotopic (exact) mass is 273 g/mol. The Morgan fingerprint density at radius 1 is 1.22 bits per heavy atom. The molecule has 0 aliphatic heterocycles. The predicted molar refractivity (Wildman–Crippen MR) is 68.9 cm³/mol. The van der Waals surface area contributed by atoms with Gasteiger partial charge >= 0.3 is 0 Å². The van der Waals surface area contributed by atoms with Crippen molar-refractivity contribution in [3.8, 4) is 5.75 Å². The van der Waals surface area contributed by atoms with E-state index in [9.17, 15) is 13.5 Å². The van der Waals surface area contributed by atoms with Crippen LogP contribution in [-0.2, 0) is 10.0 Å². The molecule has 0 atom stereocenters. The molecule has 0 heterocycles. The van der Waals surface area contributed by atoms with Crippen LogP contribution >= 0.6 is 0 Å². The summed E-state index contributed by atoms with van der Waals surface area (Å²) in [5.41, 5.74) is 0. The maximum Gasteiger partial charge on any atom is 0.242 e. The van der Waals surface area contributed by atoms with Gasteiger partial charge in [-0.2, -0.15) is 0 Å². The number of phenols is 1. The summed E-state index contributed by atoms with van der Waals surface area (Å²) in [6.45, 7) is 0.529. The number of unbranched alkanes of at least 4 members (excludes halogenated alkanes) is 2.